The summed E-state index contributed by atoms with van der Waals surface area (Å²) >= 11 is 0. The van der Waals surface area contributed by atoms with E-state index < -0.39 is 0 Å². The first kappa shape index (κ1) is 16.9. The van der Waals surface area contributed by atoms with Crippen LogP contribution in [0.4, 0.5) is 5.69 Å². The van der Waals surface area contributed by atoms with Gasteiger partial charge in [0.1, 0.15) is 11.3 Å². The predicted octanol–water partition coefficient (Wildman–Crippen LogP) is 7.03. The van der Waals surface area contributed by atoms with E-state index in [2.05, 4.69) is 49.0 Å². The van der Waals surface area contributed by atoms with Gasteiger partial charge in [0.25, 0.3) is 0 Å². The van der Waals surface area contributed by atoms with Crippen molar-refractivity contribution in [3.63, 3.8) is 0 Å². The number of anilines is 1. The number of nitrogens with two attached hydrogens (primary N) is 1. The molecule has 0 fully saturated rings. The van der Waals surface area contributed by atoms with E-state index in [0.29, 0.717) is 0 Å². The zero-order chi connectivity index (χ0) is 18.8. The first-order valence-electron chi connectivity index (χ1n) is 8.98. The van der Waals surface area contributed by atoms with Crippen LogP contribution in [-0.4, -0.2) is 0 Å². The van der Waals surface area contributed by atoms with Gasteiger partial charge in [-0.1, -0.05) is 73.3 Å². The van der Waals surface area contributed by atoms with E-state index in [1.165, 1.54) is 0 Å². The van der Waals surface area contributed by atoms with Gasteiger partial charge in [-0.05, 0) is 41.8 Å². The second kappa shape index (κ2) is 7.00. The number of hydrogen-bond donors (Lipinski definition) is 1. The molecule has 2 heteroatoms. The van der Waals surface area contributed by atoms with Crippen molar-refractivity contribution in [3.05, 3.63) is 90.7 Å². The lowest BCUT2D eigenvalue weighted by Crippen LogP contribution is -1.84. The molecule has 0 aliphatic carbocycles. The van der Waals surface area contributed by atoms with E-state index in [-0.39, 0.29) is 0 Å². The maximum Gasteiger partial charge on any atom is 0.143 e. The second-order valence-electron chi connectivity index (χ2n) is 6.47. The van der Waals surface area contributed by atoms with E-state index in [4.69, 9.17) is 10.2 Å². The molecule has 3 aromatic carbocycles. The second-order valence-corrected chi connectivity index (χ2v) is 6.47. The van der Waals surface area contributed by atoms with Crippen LogP contribution in [0.25, 0.3) is 45.4 Å². The fourth-order valence-corrected chi connectivity index (χ4v) is 3.39. The fourth-order valence-electron chi connectivity index (χ4n) is 3.39. The van der Waals surface area contributed by atoms with Crippen molar-refractivity contribution in [2.75, 3.05) is 5.73 Å². The topological polar surface area (TPSA) is 39.2 Å². The molecule has 0 saturated heterocycles. The van der Waals surface area contributed by atoms with Gasteiger partial charge in [-0.2, -0.15) is 0 Å². The summed E-state index contributed by atoms with van der Waals surface area (Å²) < 4.78 is 6.17. The molecule has 132 valence electrons. The number of benzene rings is 3. The van der Waals surface area contributed by atoms with Crippen LogP contribution in [0.5, 0.6) is 0 Å². The van der Waals surface area contributed by atoms with Crippen molar-refractivity contribution >= 4 is 28.8 Å². The molecule has 1 heterocycles. The Balaban J connectivity index is 1.80. The van der Waals surface area contributed by atoms with Crippen molar-refractivity contribution in [2.45, 2.75) is 6.92 Å². The monoisotopic (exact) mass is 351 g/mol. The molecule has 0 amide bonds. The minimum absolute atomic E-state index is 0.773. The van der Waals surface area contributed by atoms with Crippen molar-refractivity contribution in [2.24, 2.45) is 0 Å². The lowest BCUT2D eigenvalue weighted by atomic mass is 9.98. The highest BCUT2D eigenvalue weighted by atomic mass is 16.3. The minimum Gasteiger partial charge on any atom is -0.455 e. The molecular weight excluding hydrogens is 330 g/mol. The molecule has 1 aromatic heterocycles. The van der Waals surface area contributed by atoms with Gasteiger partial charge in [-0.15, -0.1) is 0 Å². The van der Waals surface area contributed by atoms with Crippen LogP contribution < -0.4 is 5.73 Å². The van der Waals surface area contributed by atoms with Gasteiger partial charge in [0, 0.05) is 22.2 Å². The number of rotatable bonds is 4. The number of allylic oxidation sites excluding steroid dienone is 1. The Morgan fingerprint density at radius 3 is 2.11 bits per heavy atom. The summed E-state index contributed by atoms with van der Waals surface area (Å²) in [4.78, 5) is 0. The molecule has 0 spiro atoms. The van der Waals surface area contributed by atoms with Gasteiger partial charge in [0.05, 0.1) is 0 Å². The average molecular weight is 351 g/mol. The average Bonchev–Trinajstić information content (AvgIpc) is 3.06. The normalized spacial score (nSPS) is 11.3. The molecule has 2 nitrogen and oxygen atoms in total. The lowest BCUT2D eigenvalue weighted by Gasteiger charge is -2.06. The molecule has 0 aliphatic rings. The smallest absolute Gasteiger partial charge is 0.143 e. The van der Waals surface area contributed by atoms with E-state index in [1.807, 2.05) is 49.4 Å². The Labute approximate surface area is 159 Å². The molecule has 4 rings (SSSR count). The van der Waals surface area contributed by atoms with Crippen molar-refractivity contribution in [1.29, 1.82) is 0 Å². The zero-order valence-corrected chi connectivity index (χ0v) is 15.3. The van der Waals surface area contributed by atoms with Gasteiger partial charge in [0.2, 0.25) is 0 Å². The van der Waals surface area contributed by atoms with Crippen molar-refractivity contribution in [3.8, 4) is 22.3 Å². The zero-order valence-electron chi connectivity index (χ0n) is 15.3. The molecule has 0 atom stereocenters. The largest absolute Gasteiger partial charge is 0.455 e. The summed E-state index contributed by atoms with van der Waals surface area (Å²) in [6, 6.07) is 22.7. The van der Waals surface area contributed by atoms with Crippen LogP contribution in [0, 0.1) is 0 Å². The highest BCUT2D eigenvalue weighted by Crippen LogP contribution is 2.36. The summed E-state index contributed by atoms with van der Waals surface area (Å²) in [7, 11) is 0. The predicted molar refractivity (Wildman–Crippen MR) is 116 cm³/mol. The van der Waals surface area contributed by atoms with E-state index in [1.54, 1.807) is 0 Å². The maximum atomic E-state index is 6.17. The summed E-state index contributed by atoms with van der Waals surface area (Å²) in [6.45, 7) is 5.93. The molecular formula is C25H21NO. The van der Waals surface area contributed by atoms with E-state index in [9.17, 15) is 0 Å². The minimum atomic E-state index is 0.773. The Bertz CT molecular complexity index is 1130. The van der Waals surface area contributed by atoms with Gasteiger partial charge < -0.3 is 10.2 Å². The number of fused-ring (bicyclic) bond motifs is 1. The molecule has 0 bridgehead atoms. The van der Waals surface area contributed by atoms with E-state index >= 15 is 0 Å². The summed E-state index contributed by atoms with van der Waals surface area (Å²) in [5.41, 5.74) is 13.0. The highest BCUT2D eigenvalue weighted by Gasteiger charge is 2.14. The SMILES string of the molecule is C=Cc1c(/C=C\C)oc2c(-c3ccc(-c4ccc(N)cc4)cc3)cccc12. The van der Waals surface area contributed by atoms with Crippen LogP contribution in [0.3, 0.4) is 0 Å². The van der Waals surface area contributed by atoms with Crippen molar-refractivity contribution < 1.29 is 4.42 Å². The number of furan rings is 1. The third kappa shape index (κ3) is 3.06. The van der Waals surface area contributed by atoms with Crippen LogP contribution in [-0.2, 0) is 0 Å². The molecule has 0 saturated carbocycles. The Morgan fingerprint density at radius 2 is 1.48 bits per heavy atom. The fraction of sp³-hybridized carbons (Fsp3) is 0.0400. The summed E-state index contributed by atoms with van der Waals surface area (Å²) in [5.74, 6) is 0.841. The van der Waals surface area contributed by atoms with Gasteiger partial charge in [-0.25, -0.2) is 0 Å². The van der Waals surface area contributed by atoms with Crippen LogP contribution in [0.15, 0.2) is 83.8 Å². The molecule has 2 N–H and O–H groups in total. The van der Waals surface area contributed by atoms with Crippen LogP contribution in [0.1, 0.15) is 18.2 Å². The Morgan fingerprint density at radius 1 is 0.852 bits per heavy atom. The lowest BCUT2D eigenvalue weighted by molar-refractivity contribution is 0.604. The number of para-hydroxylation sites is 1. The maximum absolute atomic E-state index is 6.17. The first-order valence-corrected chi connectivity index (χ1v) is 8.98. The van der Waals surface area contributed by atoms with Gasteiger partial charge >= 0.3 is 0 Å². The molecule has 0 unspecified atom stereocenters. The number of hydrogen-bond acceptors (Lipinski definition) is 2. The Hall–Kier alpha value is -3.52. The summed E-state index contributed by atoms with van der Waals surface area (Å²) in [5, 5.41) is 1.08. The quantitative estimate of drug-likeness (QED) is 0.401. The molecule has 4 aromatic rings. The third-order valence-electron chi connectivity index (χ3n) is 4.74. The van der Waals surface area contributed by atoms with Crippen molar-refractivity contribution in [1.82, 2.24) is 0 Å². The van der Waals surface area contributed by atoms with E-state index in [0.717, 1.165) is 50.2 Å². The highest BCUT2D eigenvalue weighted by molar-refractivity contribution is 5.99. The molecule has 0 aliphatic heterocycles. The van der Waals surface area contributed by atoms with Gasteiger partial charge in [0.15, 0.2) is 0 Å². The third-order valence-corrected chi connectivity index (χ3v) is 4.74. The standard InChI is InChI=1S/C25H21NO/c1-3-6-24-21(4-2)23-8-5-7-22(25(23)27-24)19-11-9-17(10-12-19)18-13-15-20(26)16-14-18/h3-16H,2,26H2,1H3/b6-3-. The van der Waals surface area contributed by atoms with Gasteiger partial charge in [-0.3, -0.25) is 0 Å². The summed E-state index contributed by atoms with van der Waals surface area (Å²) in [6.07, 6.45) is 5.81. The molecule has 27 heavy (non-hydrogen) atoms. The van der Waals surface area contributed by atoms with Crippen LogP contribution in [0.2, 0.25) is 0 Å². The first-order chi connectivity index (χ1) is 13.2. The molecule has 0 radical (unpaired) electrons. The number of nitrogen functional groups attached to an aromatic ring is 1. The van der Waals surface area contributed by atoms with Crippen LogP contribution >= 0.6 is 0 Å². The Kier molecular flexibility index (Phi) is 4.39.